The molecule has 1 heterocycles. The maximum Gasteiger partial charge on any atom is 0.240 e. The molecule has 1 aromatic carbocycles. The van der Waals surface area contributed by atoms with E-state index in [9.17, 15) is 8.42 Å². The summed E-state index contributed by atoms with van der Waals surface area (Å²) < 4.78 is 32.5. The monoisotopic (exact) mass is 310 g/mol. The van der Waals surface area contributed by atoms with Gasteiger partial charge in [0.15, 0.2) is 0 Å². The fourth-order valence-electron chi connectivity index (χ4n) is 2.48. The predicted octanol–water partition coefficient (Wildman–Crippen LogP) is 1.75. The Labute approximate surface area is 126 Å². The van der Waals surface area contributed by atoms with E-state index in [2.05, 4.69) is 10.0 Å². The van der Waals surface area contributed by atoms with Gasteiger partial charge >= 0.3 is 0 Å². The number of nitrogens with one attached hydrogen (secondary N) is 2. The number of fused-ring (bicyclic) bond motifs is 1. The van der Waals surface area contributed by atoms with Gasteiger partial charge in [0.05, 0.1) is 11.5 Å². The van der Waals surface area contributed by atoms with Crippen LogP contribution in [0.4, 0.5) is 5.69 Å². The molecule has 0 spiro atoms. The summed E-state index contributed by atoms with van der Waals surface area (Å²) in [5, 5.41) is 3.28. The van der Waals surface area contributed by atoms with Crippen LogP contribution in [0.15, 0.2) is 23.1 Å². The van der Waals surface area contributed by atoms with Crippen molar-refractivity contribution in [3.05, 3.63) is 23.8 Å². The molecule has 0 unspecified atom stereocenters. The zero-order valence-electron chi connectivity index (χ0n) is 12.1. The fourth-order valence-corrected chi connectivity index (χ4v) is 3.55. The van der Waals surface area contributed by atoms with E-state index in [-0.39, 0.29) is 0 Å². The van der Waals surface area contributed by atoms with Gasteiger partial charge in [0.2, 0.25) is 10.0 Å². The minimum Gasteiger partial charge on any atom is -0.385 e. The number of benzene rings is 1. The van der Waals surface area contributed by atoms with Gasteiger partial charge in [-0.2, -0.15) is 0 Å². The number of ether oxygens (including phenoxy) is 1. The van der Waals surface area contributed by atoms with Crippen LogP contribution >= 0.6 is 0 Å². The molecule has 5 nitrogen and oxygen atoms in total. The zero-order chi connectivity index (χ0) is 14.7. The Balaban J connectivity index is 1.55. The first-order chi connectivity index (χ1) is 10.1. The lowest BCUT2D eigenvalue weighted by Crippen LogP contribution is -2.28. The highest BCUT2D eigenvalue weighted by Crippen LogP contribution is 2.28. The zero-order valence-corrected chi connectivity index (χ0v) is 12.9. The first-order valence-electron chi connectivity index (χ1n) is 7.59. The Morgan fingerprint density at radius 2 is 2.19 bits per heavy atom. The molecule has 21 heavy (non-hydrogen) atoms. The number of hydrogen-bond acceptors (Lipinski definition) is 4. The number of aryl methyl sites for hydroxylation is 1. The van der Waals surface area contributed by atoms with Crippen molar-refractivity contribution >= 4 is 15.7 Å². The molecule has 2 aliphatic rings. The van der Waals surface area contributed by atoms with Gasteiger partial charge in [-0.25, -0.2) is 13.1 Å². The van der Waals surface area contributed by atoms with Crippen molar-refractivity contribution < 1.29 is 13.2 Å². The molecule has 1 aromatic rings. The SMILES string of the molecule is O=S(=O)(NCCOCC1CC1)c1ccc2c(c1)CCCN2. The summed E-state index contributed by atoms with van der Waals surface area (Å²) in [5.41, 5.74) is 2.13. The van der Waals surface area contributed by atoms with Crippen molar-refractivity contribution in [1.82, 2.24) is 4.72 Å². The maximum atomic E-state index is 12.2. The first-order valence-corrected chi connectivity index (χ1v) is 9.08. The summed E-state index contributed by atoms with van der Waals surface area (Å²) in [4.78, 5) is 0.340. The van der Waals surface area contributed by atoms with Crippen molar-refractivity contribution in [3.8, 4) is 0 Å². The molecule has 2 N–H and O–H groups in total. The van der Waals surface area contributed by atoms with Crippen LogP contribution in [0, 0.1) is 5.92 Å². The average Bonchev–Trinajstić information content (AvgIpc) is 3.30. The summed E-state index contributed by atoms with van der Waals surface area (Å²) in [7, 11) is -3.44. The molecule has 116 valence electrons. The van der Waals surface area contributed by atoms with Crippen LogP contribution in [0.3, 0.4) is 0 Å². The molecule has 1 saturated carbocycles. The second-order valence-corrected chi connectivity index (χ2v) is 7.53. The molecular weight excluding hydrogens is 288 g/mol. The summed E-state index contributed by atoms with van der Waals surface area (Å²) in [6, 6.07) is 5.28. The molecule has 0 bridgehead atoms. The Kier molecular flexibility index (Phi) is 4.47. The number of sulfonamides is 1. The van der Waals surface area contributed by atoms with E-state index in [1.165, 1.54) is 12.8 Å². The average molecular weight is 310 g/mol. The van der Waals surface area contributed by atoms with Crippen LogP contribution in [-0.2, 0) is 21.2 Å². The molecule has 3 rings (SSSR count). The van der Waals surface area contributed by atoms with Crippen LogP contribution in [0.25, 0.3) is 0 Å². The Bertz CT molecular complexity index is 597. The molecule has 0 saturated heterocycles. The van der Waals surface area contributed by atoms with Crippen molar-refractivity contribution in [2.75, 3.05) is 31.6 Å². The van der Waals surface area contributed by atoms with Crippen molar-refractivity contribution in [2.24, 2.45) is 5.92 Å². The Hall–Kier alpha value is -1.11. The van der Waals surface area contributed by atoms with E-state index < -0.39 is 10.0 Å². The summed E-state index contributed by atoms with van der Waals surface area (Å²) in [5.74, 6) is 0.703. The molecule has 0 radical (unpaired) electrons. The smallest absolute Gasteiger partial charge is 0.240 e. The molecule has 0 amide bonds. The highest BCUT2D eigenvalue weighted by atomic mass is 32.2. The molecule has 1 fully saturated rings. The van der Waals surface area contributed by atoms with Crippen LogP contribution in [-0.4, -0.2) is 34.7 Å². The topological polar surface area (TPSA) is 67.4 Å². The third kappa shape index (κ3) is 3.96. The quantitative estimate of drug-likeness (QED) is 0.753. The van der Waals surface area contributed by atoms with Gasteiger partial charge in [-0.05, 0) is 55.4 Å². The van der Waals surface area contributed by atoms with Crippen LogP contribution in [0.1, 0.15) is 24.8 Å². The highest BCUT2D eigenvalue weighted by molar-refractivity contribution is 7.89. The van der Waals surface area contributed by atoms with Crippen molar-refractivity contribution in [3.63, 3.8) is 0 Å². The fraction of sp³-hybridized carbons (Fsp3) is 0.600. The van der Waals surface area contributed by atoms with Crippen LogP contribution in [0.5, 0.6) is 0 Å². The second kappa shape index (κ2) is 6.34. The molecule has 6 heteroatoms. The van der Waals surface area contributed by atoms with E-state index >= 15 is 0 Å². The number of hydrogen-bond donors (Lipinski definition) is 2. The van der Waals surface area contributed by atoms with Crippen molar-refractivity contribution in [1.29, 1.82) is 0 Å². The number of rotatable bonds is 7. The Morgan fingerprint density at radius 3 is 3.00 bits per heavy atom. The molecule has 1 aliphatic carbocycles. The minimum atomic E-state index is -3.44. The van der Waals surface area contributed by atoms with Gasteiger partial charge in [0.1, 0.15) is 0 Å². The lowest BCUT2D eigenvalue weighted by atomic mass is 10.0. The summed E-state index contributed by atoms with van der Waals surface area (Å²) in [6.45, 7) is 2.47. The standard InChI is InChI=1S/C15H22N2O3S/c18-21(19,17-8-9-20-11-12-3-4-12)14-5-6-15-13(10-14)2-1-7-16-15/h5-6,10,12,16-17H,1-4,7-9,11H2. The van der Waals surface area contributed by atoms with Gasteiger partial charge in [-0.3, -0.25) is 0 Å². The largest absolute Gasteiger partial charge is 0.385 e. The van der Waals surface area contributed by atoms with Crippen LogP contribution < -0.4 is 10.0 Å². The van der Waals surface area contributed by atoms with E-state index in [4.69, 9.17) is 4.74 Å². The minimum absolute atomic E-state index is 0.324. The normalized spacial score (nSPS) is 18.1. The molecular formula is C15H22N2O3S. The number of anilines is 1. The van der Waals surface area contributed by atoms with E-state index in [0.29, 0.717) is 24.0 Å². The van der Waals surface area contributed by atoms with Gasteiger partial charge in [0.25, 0.3) is 0 Å². The van der Waals surface area contributed by atoms with Crippen LogP contribution in [0.2, 0.25) is 0 Å². The third-order valence-corrected chi connectivity index (χ3v) is 5.37. The van der Waals surface area contributed by atoms with E-state index in [1.807, 2.05) is 6.07 Å². The Morgan fingerprint density at radius 1 is 1.33 bits per heavy atom. The lowest BCUT2D eigenvalue weighted by molar-refractivity contribution is 0.129. The van der Waals surface area contributed by atoms with Crippen molar-refractivity contribution in [2.45, 2.75) is 30.6 Å². The summed E-state index contributed by atoms with van der Waals surface area (Å²) in [6.07, 6.45) is 4.46. The molecule has 1 aliphatic heterocycles. The second-order valence-electron chi connectivity index (χ2n) is 5.77. The summed E-state index contributed by atoms with van der Waals surface area (Å²) >= 11 is 0. The van der Waals surface area contributed by atoms with Gasteiger partial charge in [-0.1, -0.05) is 0 Å². The van der Waals surface area contributed by atoms with Gasteiger partial charge in [-0.15, -0.1) is 0 Å². The highest BCUT2D eigenvalue weighted by Gasteiger charge is 2.21. The first kappa shape index (κ1) is 14.8. The predicted molar refractivity (Wildman–Crippen MR) is 82.0 cm³/mol. The van der Waals surface area contributed by atoms with E-state index in [0.717, 1.165) is 37.2 Å². The molecule has 0 atom stereocenters. The van der Waals surface area contributed by atoms with Gasteiger partial charge in [0, 0.05) is 25.4 Å². The third-order valence-electron chi connectivity index (χ3n) is 3.91. The lowest BCUT2D eigenvalue weighted by Gasteiger charge is -2.18. The molecule has 0 aromatic heterocycles. The van der Waals surface area contributed by atoms with E-state index in [1.54, 1.807) is 12.1 Å². The van der Waals surface area contributed by atoms with Gasteiger partial charge < -0.3 is 10.1 Å². The maximum absolute atomic E-state index is 12.2.